The number of nitrogens with zero attached hydrogens (tertiary/aromatic N) is 4. The van der Waals surface area contributed by atoms with Crippen LogP contribution in [-0.2, 0) is 59.1 Å². The van der Waals surface area contributed by atoms with Crippen molar-refractivity contribution in [2.24, 2.45) is 35.1 Å². The largest absolute Gasteiger partial charge is 0.460 e. The molecule has 5 amide bonds. The number of fused-ring (bicyclic) bond motifs is 2. The number of hydrogen-bond donors (Lipinski definition) is 3. The molecule has 8 aromatic rings. The van der Waals surface area contributed by atoms with E-state index in [1.807, 2.05) is 61.1 Å². The standard InChI is InChI=1S/C60H81N3O6S2.C49H64N4O2S2.2CH4/c1-11-15-17-22-42(14-4)40-63-55(50-37-35-48(71-50)46-32-28-44(29-33-46)24-20-38-61-58(67)69-60(8,9)10)53-52(57(63)66)54(62(56(53)65)39-41(13-3)21-16-12-2)49-36-34-47(70-49)45-30-26-43(27-31-45)23-18-19-25-51(64)68-59(5,6)7;1-5-9-11-15-35(8-4)33-53-47(43-29-27-41(57-43)39-24-20-37(21-25-39)17-13-31-51)45-44(49(53)55)46(52(48(45)54)32-34(7-3)14-10-6-2)42-28-26-40(56-42)38-22-18-36(19-23-38)16-12-30-50;;/h26-37,41-42H,11-25,38-40H2,1-10H3,(H,61,67);18-29,34-35H,5-17,30-33,50-51H2,1-4H3;2*1H4. The molecule has 15 nitrogen and oxygen atoms in total. The number of benzene rings is 4. The van der Waals surface area contributed by atoms with Gasteiger partial charge in [0.15, 0.2) is 0 Å². The van der Waals surface area contributed by atoms with E-state index in [0.717, 1.165) is 245 Å². The fourth-order valence-electron chi connectivity index (χ4n) is 17.8. The third-order valence-electron chi connectivity index (χ3n) is 25.3. The van der Waals surface area contributed by atoms with Crippen molar-refractivity contribution in [1.29, 1.82) is 0 Å². The molecule has 4 unspecified atom stereocenters. The van der Waals surface area contributed by atoms with Crippen molar-refractivity contribution in [3.05, 3.63) is 210 Å². The Balaban J connectivity index is 0.000000295. The van der Waals surface area contributed by atoms with Crippen molar-refractivity contribution >= 4 is 104 Å². The molecule has 0 saturated carbocycles. The molecule has 19 heteroatoms. The highest BCUT2D eigenvalue weighted by molar-refractivity contribution is 7.18. The van der Waals surface area contributed by atoms with Crippen LogP contribution < -0.4 is 16.8 Å². The number of esters is 1. The molecule has 4 aliphatic rings. The molecule has 12 rings (SSSR count). The van der Waals surface area contributed by atoms with Crippen LogP contribution in [0.1, 0.15) is 308 Å². The number of nitrogens with two attached hydrogens (primary N) is 2. The zero-order valence-corrected chi connectivity index (χ0v) is 82.5. The summed E-state index contributed by atoms with van der Waals surface area (Å²) in [5.74, 6) is 0.973. The van der Waals surface area contributed by atoms with Crippen molar-refractivity contribution in [3.63, 3.8) is 0 Å². The number of carbonyl (C=O) groups excluding carboxylic acids is 6. The smallest absolute Gasteiger partial charge is 0.407 e. The summed E-state index contributed by atoms with van der Waals surface area (Å²) in [4.78, 5) is 102. The summed E-state index contributed by atoms with van der Waals surface area (Å²) < 4.78 is 10.9. The van der Waals surface area contributed by atoms with Crippen LogP contribution in [0.5, 0.6) is 0 Å². The molecule has 0 radical (unpaired) electrons. The lowest BCUT2D eigenvalue weighted by Crippen LogP contribution is -2.34. The Morgan fingerprint density at radius 3 is 0.854 bits per heavy atom. The maximum atomic E-state index is 15.4. The lowest BCUT2D eigenvalue weighted by Gasteiger charge is -2.29. The summed E-state index contributed by atoms with van der Waals surface area (Å²) in [6.45, 7) is 33.4. The second-order valence-electron chi connectivity index (χ2n) is 37.5. The van der Waals surface area contributed by atoms with Crippen LogP contribution in [-0.4, -0.2) is 112 Å². The van der Waals surface area contributed by atoms with Crippen LogP contribution in [0.3, 0.4) is 0 Å². The van der Waals surface area contributed by atoms with Gasteiger partial charge in [0.25, 0.3) is 23.6 Å². The fourth-order valence-corrected chi connectivity index (χ4v) is 22.1. The van der Waals surface area contributed by atoms with Crippen LogP contribution >= 0.6 is 45.3 Å². The minimum Gasteiger partial charge on any atom is -0.460 e. The Bertz CT molecular complexity index is 5120. The number of nitrogens with one attached hydrogen (secondary N) is 1. The monoisotopic (exact) mass is 1840 g/mol. The van der Waals surface area contributed by atoms with Gasteiger partial charge >= 0.3 is 12.1 Å². The first-order valence-electron chi connectivity index (χ1n) is 48.4. The summed E-state index contributed by atoms with van der Waals surface area (Å²) in [5.41, 5.74) is 25.4. The van der Waals surface area contributed by atoms with Gasteiger partial charge in [-0.05, 0) is 255 Å². The number of ether oxygens (including phenoxy) is 2. The highest BCUT2D eigenvalue weighted by Crippen LogP contribution is 2.54. The van der Waals surface area contributed by atoms with Crippen molar-refractivity contribution < 1.29 is 38.2 Å². The Kier molecular flexibility index (Phi) is 41.0. The first-order valence-corrected chi connectivity index (χ1v) is 51.7. The second kappa shape index (κ2) is 50.9. The van der Waals surface area contributed by atoms with Crippen molar-refractivity contribution in [2.75, 3.05) is 45.8 Å². The molecule has 4 aromatic carbocycles. The van der Waals surface area contributed by atoms with Crippen LogP contribution in [0.15, 0.2) is 168 Å². The molecule has 0 saturated heterocycles. The van der Waals surface area contributed by atoms with Gasteiger partial charge in [-0.25, -0.2) is 4.79 Å². The summed E-state index contributed by atoms with van der Waals surface area (Å²) in [6.07, 6.45) is 27.5. The molecule has 0 aliphatic carbocycles. The topological polar surface area (TPSA) is 198 Å². The fraction of sp³-hybridized carbons (Fsp3) is 0.514. The number of aryl methyl sites for hydroxylation is 4. The number of thiophene rings is 4. The van der Waals surface area contributed by atoms with Gasteiger partial charge in [0, 0.05) is 58.7 Å². The van der Waals surface area contributed by atoms with Crippen molar-refractivity contribution in [1.82, 2.24) is 24.9 Å². The minimum absolute atomic E-state index is 0. The van der Waals surface area contributed by atoms with Crippen molar-refractivity contribution in [3.8, 4) is 41.8 Å². The Morgan fingerprint density at radius 1 is 0.331 bits per heavy atom. The van der Waals surface area contributed by atoms with E-state index in [2.05, 4.69) is 206 Å². The molecule has 4 aromatic heterocycles. The third-order valence-corrected chi connectivity index (χ3v) is 29.8. The average molecular weight is 1840 g/mol. The van der Waals surface area contributed by atoms with E-state index in [1.54, 1.807) is 45.3 Å². The SMILES string of the molecule is C.C.CCCCCC(CC)CN1C(=O)C2=C(c3ccc(-c4ccc(CCCCC(=O)OC(C)(C)C)cc4)s3)N(CC(CC)CCCC)C(=O)C2=C1c1ccc(-c2ccc(CCCNC(=O)OC(C)(C)C)cc2)s1.CCCCCC(CC)CN1C(=O)C2=C(c3ccc(-c4ccc(CCCN)cc4)s3)N(CC(CC)CCCC)C(=O)C2=C1c1ccc(-c2ccc(CCCN)cc2)s1. The summed E-state index contributed by atoms with van der Waals surface area (Å²) in [5, 5.41) is 2.86. The number of carbonyl (C=O) groups is 6. The van der Waals surface area contributed by atoms with Crippen LogP contribution in [0.2, 0.25) is 0 Å². The summed E-state index contributed by atoms with van der Waals surface area (Å²) >= 11 is 6.67. The molecule has 0 spiro atoms. The predicted octanol–water partition coefficient (Wildman–Crippen LogP) is 28.1. The number of hydrogen-bond acceptors (Lipinski definition) is 14. The number of rotatable bonds is 49. The molecule has 704 valence electrons. The molecule has 5 N–H and O–H groups in total. The Labute approximate surface area is 796 Å². The van der Waals surface area contributed by atoms with E-state index in [1.165, 1.54) is 35.1 Å². The van der Waals surface area contributed by atoms with E-state index in [4.69, 9.17) is 20.9 Å². The van der Waals surface area contributed by atoms with Gasteiger partial charge in [-0.3, -0.25) is 24.0 Å². The summed E-state index contributed by atoms with van der Waals surface area (Å²) in [6, 6.07) is 51.9. The van der Waals surface area contributed by atoms with Gasteiger partial charge in [-0.1, -0.05) is 257 Å². The van der Waals surface area contributed by atoms with Crippen LogP contribution in [0.4, 0.5) is 4.79 Å². The zero-order valence-electron chi connectivity index (χ0n) is 79.3. The lowest BCUT2D eigenvalue weighted by molar-refractivity contribution is -0.155. The first kappa shape index (κ1) is 105. The predicted molar refractivity (Wildman–Crippen MR) is 550 cm³/mol. The van der Waals surface area contributed by atoms with Crippen LogP contribution in [0, 0.1) is 23.7 Å². The number of unbranched alkanes of at least 4 members (excludes halogenated alkanes) is 7. The first-order chi connectivity index (χ1) is 61.8. The average Bonchev–Trinajstić information content (AvgIpc) is 1.56. The Morgan fingerprint density at radius 2 is 0.592 bits per heavy atom. The van der Waals surface area contributed by atoms with E-state index >= 15 is 19.2 Å². The maximum Gasteiger partial charge on any atom is 0.407 e. The van der Waals surface area contributed by atoms with Gasteiger partial charge < -0.3 is 45.9 Å². The van der Waals surface area contributed by atoms with E-state index in [0.29, 0.717) is 98.2 Å². The number of amides is 5. The van der Waals surface area contributed by atoms with Crippen LogP contribution in [0.25, 0.3) is 64.6 Å². The normalized spacial score (nSPS) is 14.9. The molecule has 0 fully saturated rings. The Hall–Kier alpha value is -8.82. The molecule has 130 heavy (non-hydrogen) atoms. The van der Waals surface area contributed by atoms with Gasteiger partial charge in [0.1, 0.15) is 11.2 Å². The number of alkyl carbamates (subject to hydrolysis) is 1. The van der Waals surface area contributed by atoms with Gasteiger partial charge in [-0.2, -0.15) is 0 Å². The lowest BCUT2D eigenvalue weighted by atomic mass is 9.97. The summed E-state index contributed by atoms with van der Waals surface area (Å²) in [7, 11) is 0. The van der Waals surface area contributed by atoms with Gasteiger partial charge in [0.2, 0.25) is 0 Å². The molecule has 4 aliphatic heterocycles. The van der Waals surface area contributed by atoms with E-state index < -0.39 is 17.3 Å². The highest BCUT2D eigenvalue weighted by atomic mass is 32.1. The van der Waals surface area contributed by atoms with Crippen molar-refractivity contribution in [2.45, 2.75) is 303 Å². The zero-order chi connectivity index (χ0) is 91.6. The molecule has 4 atom stereocenters. The molecular weight excluding hydrogens is 1690 g/mol. The highest BCUT2D eigenvalue weighted by Gasteiger charge is 2.52. The molecular formula is C111H153N7O8S4. The van der Waals surface area contributed by atoms with E-state index in [9.17, 15) is 9.59 Å². The minimum atomic E-state index is -0.531. The molecule has 8 heterocycles. The second-order valence-corrected chi connectivity index (χ2v) is 41.8. The quantitative estimate of drug-likeness (QED) is 0.0244. The maximum absolute atomic E-state index is 15.4. The molecule has 0 bridgehead atoms. The van der Waals surface area contributed by atoms with E-state index in [-0.39, 0.29) is 44.5 Å². The van der Waals surface area contributed by atoms with Gasteiger partial charge in [-0.15, -0.1) is 45.3 Å². The third kappa shape index (κ3) is 27.7. The van der Waals surface area contributed by atoms with Gasteiger partial charge in [0.05, 0.1) is 64.6 Å².